The Morgan fingerprint density at radius 1 is 1.20 bits per heavy atom. The zero-order valence-electron chi connectivity index (χ0n) is 12.5. The monoisotopic (exact) mass is 275 g/mol. The highest BCUT2D eigenvalue weighted by molar-refractivity contribution is 6.06. The molecule has 4 saturated carbocycles. The second kappa shape index (κ2) is 3.99. The number of amidine groups is 1. The number of hydrogen-bond acceptors (Lipinski definition) is 2. The number of nitrogens with zero attached hydrogens (tertiary/aromatic N) is 2. The Labute approximate surface area is 120 Å². The van der Waals surface area contributed by atoms with Gasteiger partial charge in [0.15, 0.2) is 0 Å². The van der Waals surface area contributed by atoms with Crippen LogP contribution in [0.1, 0.15) is 46.0 Å². The van der Waals surface area contributed by atoms with Gasteiger partial charge in [0, 0.05) is 6.54 Å². The lowest BCUT2D eigenvalue weighted by Gasteiger charge is -2.62. The van der Waals surface area contributed by atoms with Crippen LogP contribution in [0.2, 0.25) is 0 Å². The van der Waals surface area contributed by atoms with Gasteiger partial charge in [0.2, 0.25) is 0 Å². The van der Waals surface area contributed by atoms with Crippen molar-refractivity contribution in [1.82, 2.24) is 4.90 Å². The van der Waals surface area contributed by atoms with E-state index in [0.29, 0.717) is 23.6 Å². The summed E-state index contributed by atoms with van der Waals surface area (Å²) in [7, 11) is 0. The zero-order valence-corrected chi connectivity index (χ0v) is 12.5. The van der Waals surface area contributed by atoms with Crippen molar-refractivity contribution in [3.8, 4) is 0 Å². The summed E-state index contributed by atoms with van der Waals surface area (Å²) in [5.41, 5.74) is 6.13. The van der Waals surface area contributed by atoms with Crippen LogP contribution in [0.4, 0.5) is 4.79 Å². The number of aliphatic imine (C=N–C) groups is 1. The van der Waals surface area contributed by atoms with Gasteiger partial charge in [-0.15, -0.1) is 0 Å². The lowest BCUT2D eigenvalue weighted by molar-refractivity contribution is -0.0800. The first-order chi connectivity index (χ1) is 9.51. The van der Waals surface area contributed by atoms with Crippen molar-refractivity contribution in [3.05, 3.63) is 0 Å². The molecule has 0 unspecified atom stereocenters. The van der Waals surface area contributed by atoms with Crippen LogP contribution in [0.15, 0.2) is 4.99 Å². The van der Waals surface area contributed by atoms with E-state index in [-0.39, 0.29) is 11.6 Å². The van der Waals surface area contributed by atoms with Crippen LogP contribution in [0.25, 0.3) is 0 Å². The Kier molecular flexibility index (Phi) is 2.52. The molecule has 2 N–H and O–H groups in total. The van der Waals surface area contributed by atoms with E-state index in [4.69, 9.17) is 5.73 Å². The second-order valence-electron chi connectivity index (χ2n) is 7.91. The van der Waals surface area contributed by atoms with Gasteiger partial charge in [0.1, 0.15) is 11.4 Å². The third-order valence-corrected chi connectivity index (χ3v) is 6.23. The number of nitrogens with two attached hydrogens (primary N) is 1. The van der Waals surface area contributed by atoms with E-state index in [1.165, 1.54) is 32.1 Å². The predicted octanol–water partition coefficient (Wildman–Crippen LogP) is 2.63. The van der Waals surface area contributed by atoms with Crippen LogP contribution in [0.5, 0.6) is 0 Å². The van der Waals surface area contributed by atoms with Crippen molar-refractivity contribution < 1.29 is 4.79 Å². The molecule has 0 aromatic rings. The van der Waals surface area contributed by atoms with Gasteiger partial charge in [-0.05, 0) is 61.7 Å². The van der Waals surface area contributed by atoms with Gasteiger partial charge < -0.3 is 10.6 Å². The molecule has 1 heterocycles. The minimum Gasteiger partial charge on any atom is -0.385 e. The smallest absolute Gasteiger partial charge is 0.346 e. The molecule has 0 atom stereocenters. The molecule has 0 radical (unpaired) electrons. The molecule has 0 aromatic carbocycles. The third kappa shape index (κ3) is 1.43. The molecule has 1 spiro atoms. The van der Waals surface area contributed by atoms with Gasteiger partial charge in [-0.25, -0.2) is 4.79 Å². The average molecular weight is 275 g/mol. The van der Waals surface area contributed by atoms with Gasteiger partial charge >= 0.3 is 6.03 Å². The van der Waals surface area contributed by atoms with E-state index in [2.05, 4.69) is 23.7 Å². The van der Waals surface area contributed by atoms with E-state index >= 15 is 0 Å². The summed E-state index contributed by atoms with van der Waals surface area (Å²) >= 11 is 0. The van der Waals surface area contributed by atoms with Crippen LogP contribution in [0, 0.1) is 29.6 Å². The van der Waals surface area contributed by atoms with E-state index in [0.717, 1.165) is 18.4 Å². The maximum atomic E-state index is 12.4. The standard InChI is InChI=1S/C16H25N3O/c1-9(2)8-19-15(20)18-14(17)16(19)12-4-10-3-11(6-12)7-13(16)5-10/h9-13H,3-8H2,1-2H3,(H2,17,18,20). The molecule has 0 aromatic heterocycles. The highest BCUT2D eigenvalue weighted by Crippen LogP contribution is 2.61. The van der Waals surface area contributed by atoms with Crippen molar-refractivity contribution in [1.29, 1.82) is 0 Å². The fourth-order valence-electron chi connectivity index (χ4n) is 5.91. The Morgan fingerprint density at radius 3 is 2.25 bits per heavy atom. The molecule has 4 heteroatoms. The maximum absolute atomic E-state index is 12.4. The number of rotatable bonds is 2. The summed E-state index contributed by atoms with van der Waals surface area (Å²) in [6.07, 6.45) is 6.44. The van der Waals surface area contributed by atoms with Crippen molar-refractivity contribution in [2.24, 2.45) is 40.3 Å². The first kappa shape index (κ1) is 12.7. The summed E-state index contributed by atoms with van der Waals surface area (Å²) in [4.78, 5) is 18.6. The Balaban J connectivity index is 1.77. The molecular weight excluding hydrogens is 250 g/mol. The number of carbonyl (C=O) groups excluding carboxylic acids is 1. The zero-order chi connectivity index (χ0) is 14.1. The maximum Gasteiger partial charge on any atom is 0.346 e. The van der Waals surface area contributed by atoms with E-state index in [1.807, 2.05) is 0 Å². The van der Waals surface area contributed by atoms with Crippen LogP contribution in [-0.2, 0) is 0 Å². The molecular formula is C16H25N3O. The van der Waals surface area contributed by atoms with Crippen LogP contribution in [0.3, 0.4) is 0 Å². The minimum atomic E-state index is -0.214. The number of hydrogen-bond donors (Lipinski definition) is 1. The normalized spacial score (nSPS) is 45.9. The van der Waals surface area contributed by atoms with Gasteiger partial charge in [-0.1, -0.05) is 13.8 Å². The molecule has 1 aliphatic heterocycles. The second-order valence-corrected chi connectivity index (χ2v) is 7.91. The molecule has 4 bridgehead atoms. The van der Waals surface area contributed by atoms with Crippen molar-refractivity contribution in [2.75, 3.05) is 6.54 Å². The number of amides is 2. The summed E-state index contributed by atoms with van der Waals surface area (Å²) in [5, 5.41) is 0. The molecule has 4 fully saturated rings. The quantitative estimate of drug-likeness (QED) is 0.842. The van der Waals surface area contributed by atoms with Crippen LogP contribution in [-0.4, -0.2) is 28.9 Å². The van der Waals surface area contributed by atoms with Gasteiger partial charge in [-0.2, -0.15) is 4.99 Å². The molecule has 20 heavy (non-hydrogen) atoms. The summed E-state index contributed by atoms with van der Waals surface area (Å²) in [5.74, 6) is 3.99. The lowest BCUT2D eigenvalue weighted by Crippen LogP contribution is -2.70. The Morgan fingerprint density at radius 2 is 1.75 bits per heavy atom. The van der Waals surface area contributed by atoms with Gasteiger partial charge in [0.25, 0.3) is 0 Å². The topological polar surface area (TPSA) is 58.7 Å². The molecule has 0 saturated heterocycles. The summed E-state index contributed by atoms with van der Waals surface area (Å²) in [6, 6.07) is -0.0799. The molecule has 2 amide bonds. The summed E-state index contributed by atoms with van der Waals surface area (Å²) < 4.78 is 0. The van der Waals surface area contributed by atoms with Crippen molar-refractivity contribution >= 4 is 11.9 Å². The number of carbonyl (C=O) groups is 1. The van der Waals surface area contributed by atoms with E-state index in [1.54, 1.807) is 0 Å². The minimum absolute atomic E-state index is 0.0799. The molecule has 110 valence electrons. The van der Waals surface area contributed by atoms with Gasteiger partial charge in [-0.3, -0.25) is 0 Å². The van der Waals surface area contributed by atoms with Gasteiger partial charge in [0.05, 0.1) is 0 Å². The molecule has 4 aliphatic carbocycles. The Hall–Kier alpha value is -1.06. The number of urea groups is 1. The lowest BCUT2D eigenvalue weighted by atomic mass is 9.48. The highest BCUT2D eigenvalue weighted by Gasteiger charge is 2.64. The fourth-order valence-corrected chi connectivity index (χ4v) is 5.91. The van der Waals surface area contributed by atoms with Crippen LogP contribution < -0.4 is 5.73 Å². The van der Waals surface area contributed by atoms with Crippen molar-refractivity contribution in [3.63, 3.8) is 0 Å². The predicted molar refractivity (Wildman–Crippen MR) is 78.3 cm³/mol. The first-order valence-electron chi connectivity index (χ1n) is 8.18. The average Bonchev–Trinajstić information content (AvgIpc) is 2.58. The third-order valence-electron chi connectivity index (χ3n) is 6.23. The molecule has 5 rings (SSSR count). The van der Waals surface area contributed by atoms with Crippen molar-refractivity contribution in [2.45, 2.75) is 51.5 Å². The van der Waals surface area contributed by atoms with E-state index in [9.17, 15) is 4.79 Å². The molecule has 4 nitrogen and oxygen atoms in total. The fraction of sp³-hybridized carbons (Fsp3) is 0.875. The first-order valence-corrected chi connectivity index (χ1v) is 8.18. The van der Waals surface area contributed by atoms with Crippen LogP contribution >= 0.6 is 0 Å². The highest BCUT2D eigenvalue weighted by atomic mass is 16.2. The molecule has 5 aliphatic rings. The largest absolute Gasteiger partial charge is 0.385 e. The summed E-state index contributed by atoms with van der Waals surface area (Å²) in [6.45, 7) is 5.14. The SMILES string of the molecule is CC(C)CN1C(=O)N=C(N)C12C1CC3CC(C1)CC2C3. The van der Waals surface area contributed by atoms with E-state index < -0.39 is 0 Å². The Bertz CT molecular complexity index is 454.